The Kier molecular flexibility index (Phi) is 4.20. The molecule has 112 valence electrons. The van der Waals surface area contributed by atoms with Gasteiger partial charge < -0.3 is 10.5 Å². The van der Waals surface area contributed by atoms with Crippen LogP contribution in [0.25, 0.3) is 0 Å². The molecule has 0 aliphatic carbocycles. The SMILES string of the molecule is Cc1ccc(S(=O)(=O)NC2(C)CCOC2C)cc1CN. The highest BCUT2D eigenvalue weighted by molar-refractivity contribution is 7.89. The van der Waals surface area contributed by atoms with E-state index in [1.165, 1.54) is 0 Å². The maximum atomic E-state index is 12.5. The lowest BCUT2D eigenvalue weighted by Crippen LogP contribution is -2.50. The van der Waals surface area contributed by atoms with E-state index < -0.39 is 15.6 Å². The van der Waals surface area contributed by atoms with Gasteiger partial charge in [0, 0.05) is 13.2 Å². The molecule has 1 heterocycles. The third kappa shape index (κ3) is 2.88. The molecule has 0 spiro atoms. The quantitative estimate of drug-likeness (QED) is 0.878. The lowest BCUT2D eigenvalue weighted by molar-refractivity contribution is 0.0957. The molecule has 1 aliphatic heterocycles. The molecule has 5 nitrogen and oxygen atoms in total. The van der Waals surface area contributed by atoms with Gasteiger partial charge >= 0.3 is 0 Å². The van der Waals surface area contributed by atoms with Crippen molar-refractivity contribution < 1.29 is 13.2 Å². The van der Waals surface area contributed by atoms with Gasteiger partial charge in [0.1, 0.15) is 0 Å². The number of nitrogens with two attached hydrogens (primary N) is 1. The molecular formula is C14H22N2O3S. The zero-order valence-corrected chi connectivity index (χ0v) is 13.0. The van der Waals surface area contributed by atoms with E-state index in [-0.39, 0.29) is 11.0 Å². The highest BCUT2D eigenvalue weighted by Gasteiger charge is 2.40. The lowest BCUT2D eigenvalue weighted by atomic mass is 9.97. The zero-order valence-electron chi connectivity index (χ0n) is 12.1. The van der Waals surface area contributed by atoms with Crippen LogP contribution in [-0.4, -0.2) is 26.7 Å². The van der Waals surface area contributed by atoms with Crippen molar-refractivity contribution in [2.24, 2.45) is 5.73 Å². The van der Waals surface area contributed by atoms with E-state index in [1.54, 1.807) is 18.2 Å². The minimum absolute atomic E-state index is 0.142. The maximum absolute atomic E-state index is 12.5. The smallest absolute Gasteiger partial charge is 0.241 e. The van der Waals surface area contributed by atoms with Crippen molar-refractivity contribution in [1.29, 1.82) is 0 Å². The molecule has 1 aliphatic rings. The third-order valence-electron chi connectivity index (χ3n) is 4.10. The van der Waals surface area contributed by atoms with Crippen LogP contribution in [0.15, 0.2) is 23.1 Å². The fourth-order valence-electron chi connectivity index (χ4n) is 2.37. The standard InChI is InChI=1S/C14H22N2O3S/c1-10-4-5-13(8-12(10)9-15)20(17,18)16-14(3)6-7-19-11(14)2/h4-5,8,11,16H,6-7,9,15H2,1-3H3. The van der Waals surface area contributed by atoms with Crippen LogP contribution in [0.2, 0.25) is 0 Å². The monoisotopic (exact) mass is 298 g/mol. The van der Waals surface area contributed by atoms with Crippen molar-refractivity contribution in [2.75, 3.05) is 6.61 Å². The Labute approximate surface area is 120 Å². The van der Waals surface area contributed by atoms with Crippen molar-refractivity contribution >= 4 is 10.0 Å². The molecule has 2 atom stereocenters. The summed E-state index contributed by atoms with van der Waals surface area (Å²) in [7, 11) is -3.57. The topological polar surface area (TPSA) is 81.4 Å². The molecule has 2 rings (SSSR count). The van der Waals surface area contributed by atoms with Crippen LogP contribution in [0.4, 0.5) is 0 Å². The Bertz CT molecular complexity index is 600. The average Bonchev–Trinajstić information content (AvgIpc) is 2.68. The Morgan fingerprint density at radius 1 is 1.50 bits per heavy atom. The van der Waals surface area contributed by atoms with E-state index in [0.29, 0.717) is 19.6 Å². The average molecular weight is 298 g/mol. The molecule has 1 aromatic carbocycles. The van der Waals surface area contributed by atoms with E-state index in [9.17, 15) is 8.42 Å². The lowest BCUT2D eigenvalue weighted by Gasteiger charge is -2.28. The van der Waals surface area contributed by atoms with Gasteiger partial charge in [-0.25, -0.2) is 13.1 Å². The number of aryl methyl sites for hydroxylation is 1. The molecule has 1 fully saturated rings. The first-order valence-corrected chi connectivity index (χ1v) is 8.22. The third-order valence-corrected chi connectivity index (χ3v) is 5.71. The number of ether oxygens (including phenoxy) is 1. The predicted molar refractivity (Wildman–Crippen MR) is 77.8 cm³/mol. The van der Waals surface area contributed by atoms with E-state index in [0.717, 1.165) is 11.1 Å². The van der Waals surface area contributed by atoms with Crippen LogP contribution >= 0.6 is 0 Å². The van der Waals surface area contributed by atoms with Crippen LogP contribution < -0.4 is 10.5 Å². The van der Waals surface area contributed by atoms with Crippen LogP contribution in [0, 0.1) is 6.92 Å². The minimum atomic E-state index is -3.57. The van der Waals surface area contributed by atoms with E-state index in [4.69, 9.17) is 10.5 Å². The number of rotatable bonds is 4. The van der Waals surface area contributed by atoms with Crippen LogP contribution in [0.1, 0.15) is 31.4 Å². The van der Waals surface area contributed by atoms with Crippen molar-refractivity contribution in [3.8, 4) is 0 Å². The molecule has 0 saturated carbocycles. The number of benzene rings is 1. The van der Waals surface area contributed by atoms with Gasteiger partial charge in [-0.1, -0.05) is 6.07 Å². The summed E-state index contributed by atoms with van der Waals surface area (Å²) in [5.74, 6) is 0. The summed E-state index contributed by atoms with van der Waals surface area (Å²) in [6.45, 7) is 6.57. The Morgan fingerprint density at radius 2 is 2.20 bits per heavy atom. The number of hydrogen-bond acceptors (Lipinski definition) is 4. The highest BCUT2D eigenvalue weighted by atomic mass is 32.2. The Hall–Kier alpha value is -0.950. The Balaban J connectivity index is 2.31. The molecule has 0 aromatic heterocycles. The molecule has 1 aromatic rings. The van der Waals surface area contributed by atoms with Gasteiger partial charge in [-0.15, -0.1) is 0 Å². The number of nitrogens with one attached hydrogen (secondary N) is 1. The second kappa shape index (κ2) is 5.44. The molecule has 0 bridgehead atoms. The molecule has 1 saturated heterocycles. The van der Waals surface area contributed by atoms with Gasteiger partial charge in [-0.2, -0.15) is 0 Å². The summed E-state index contributed by atoms with van der Waals surface area (Å²) in [6.07, 6.45) is 0.528. The van der Waals surface area contributed by atoms with Crippen molar-refractivity contribution in [1.82, 2.24) is 4.72 Å². The van der Waals surface area contributed by atoms with Gasteiger partial charge in [0.2, 0.25) is 10.0 Å². The molecule has 0 amide bonds. The van der Waals surface area contributed by atoms with Crippen LogP contribution in [-0.2, 0) is 21.3 Å². The van der Waals surface area contributed by atoms with Crippen molar-refractivity contribution in [2.45, 2.75) is 50.3 Å². The van der Waals surface area contributed by atoms with Gasteiger partial charge in [0.25, 0.3) is 0 Å². The summed E-state index contributed by atoms with van der Waals surface area (Å²) in [6, 6.07) is 5.04. The van der Waals surface area contributed by atoms with Gasteiger partial charge in [0.05, 0.1) is 16.5 Å². The molecule has 3 N–H and O–H groups in total. The largest absolute Gasteiger partial charge is 0.376 e. The molecule has 20 heavy (non-hydrogen) atoms. The van der Waals surface area contributed by atoms with Crippen molar-refractivity contribution in [3.63, 3.8) is 0 Å². The summed E-state index contributed by atoms with van der Waals surface area (Å²) < 4.78 is 33.3. The second-order valence-electron chi connectivity index (χ2n) is 5.58. The molecule has 2 unspecified atom stereocenters. The summed E-state index contributed by atoms with van der Waals surface area (Å²) in [4.78, 5) is 0.254. The van der Waals surface area contributed by atoms with Crippen LogP contribution in [0.5, 0.6) is 0 Å². The van der Waals surface area contributed by atoms with Gasteiger partial charge in [-0.3, -0.25) is 0 Å². The maximum Gasteiger partial charge on any atom is 0.241 e. The second-order valence-corrected chi connectivity index (χ2v) is 7.26. The summed E-state index contributed by atoms with van der Waals surface area (Å²) in [5.41, 5.74) is 6.91. The molecular weight excluding hydrogens is 276 g/mol. The van der Waals surface area contributed by atoms with E-state index in [1.807, 2.05) is 20.8 Å². The Morgan fingerprint density at radius 3 is 2.75 bits per heavy atom. The molecule has 6 heteroatoms. The minimum Gasteiger partial charge on any atom is -0.376 e. The number of sulfonamides is 1. The highest BCUT2D eigenvalue weighted by Crippen LogP contribution is 2.27. The van der Waals surface area contributed by atoms with Gasteiger partial charge in [-0.05, 0) is 50.5 Å². The first-order valence-electron chi connectivity index (χ1n) is 6.74. The molecule has 0 radical (unpaired) electrons. The van der Waals surface area contributed by atoms with E-state index in [2.05, 4.69) is 4.72 Å². The zero-order chi connectivity index (χ0) is 15.0. The fraction of sp³-hybridized carbons (Fsp3) is 0.571. The number of hydrogen-bond donors (Lipinski definition) is 2. The first-order chi connectivity index (χ1) is 9.28. The summed E-state index contributed by atoms with van der Waals surface area (Å²) >= 11 is 0. The van der Waals surface area contributed by atoms with E-state index >= 15 is 0 Å². The van der Waals surface area contributed by atoms with Crippen LogP contribution in [0.3, 0.4) is 0 Å². The first kappa shape index (κ1) is 15.4. The van der Waals surface area contributed by atoms with Gasteiger partial charge in [0.15, 0.2) is 0 Å². The normalized spacial score (nSPS) is 26.9. The fourth-order valence-corrected chi connectivity index (χ4v) is 3.91. The van der Waals surface area contributed by atoms with Crippen molar-refractivity contribution in [3.05, 3.63) is 29.3 Å². The summed E-state index contributed by atoms with van der Waals surface area (Å²) in [5, 5.41) is 0. The predicted octanol–water partition coefficient (Wildman–Crippen LogP) is 1.30.